The van der Waals surface area contributed by atoms with Crippen molar-refractivity contribution in [3.05, 3.63) is 29.6 Å². The van der Waals surface area contributed by atoms with E-state index in [0.717, 1.165) is 6.07 Å². The summed E-state index contributed by atoms with van der Waals surface area (Å²) in [5.41, 5.74) is -1.77. The molecule has 5 heteroatoms. The predicted octanol–water partition coefficient (Wildman–Crippen LogP) is 2.20. The molecule has 4 nitrogen and oxygen atoms in total. The largest absolute Gasteiger partial charge is 0.477 e. The Morgan fingerprint density at radius 1 is 1.56 bits per heavy atom. The van der Waals surface area contributed by atoms with Gasteiger partial charge in [0.15, 0.2) is 5.60 Å². The average molecular weight is 223 g/mol. The van der Waals surface area contributed by atoms with E-state index in [-0.39, 0.29) is 5.75 Å². The van der Waals surface area contributed by atoms with Crippen LogP contribution in [0.25, 0.3) is 0 Å². The van der Waals surface area contributed by atoms with E-state index in [1.807, 2.05) is 6.07 Å². The highest BCUT2D eigenvalue weighted by atomic mass is 19.1. The third-order valence-corrected chi connectivity index (χ3v) is 1.82. The molecule has 0 fully saturated rings. The molecular weight excluding hydrogens is 213 g/mol. The minimum Gasteiger partial charge on any atom is -0.477 e. The van der Waals surface area contributed by atoms with Crippen molar-refractivity contribution in [1.29, 1.82) is 5.26 Å². The molecule has 16 heavy (non-hydrogen) atoms. The fourth-order valence-corrected chi connectivity index (χ4v) is 1.09. The molecule has 0 atom stereocenters. The number of halogens is 1. The number of carboxylic acids is 1. The summed E-state index contributed by atoms with van der Waals surface area (Å²) >= 11 is 0. The molecule has 0 aliphatic rings. The van der Waals surface area contributed by atoms with Crippen LogP contribution in [0.15, 0.2) is 18.2 Å². The maximum Gasteiger partial charge on any atom is 0.342 e. The van der Waals surface area contributed by atoms with Gasteiger partial charge in [-0.25, -0.2) is 9.18 Å². The zero-order valence-corrected chi connectivity index (χ0v) is 8.82. The van der Waals surface area contributed by atoms with Crippen LogP contribution in [0.5, 0.6) is 5.75 Å². The lowest BCUT2D eigenvalue weighted by Gasteiger charge is -2.19. The molecule has 0 spiro atoms. The summed E-state index contributed by atoms with van der Waals surface area (Å²) in [5, 5.41) is 17.6. The smallest absolute Gasteiger partial charge is 0.342 e. The first-order valence-corrected chi connectivity index (χ1v) is 4.49. The normalized spacial score (nSPS) is 10.6. The zero-order valence-electron chi connectivity index (χ0n) is 8.82. The molecule has 0 unspecified atom stereocenters. The van der Waals surface area contributed by atoms with E-state index in [2.05, 4.69) is 0 Å². The summed E-state index contributed by atoms with van der Waals surface area (Å²) < 4.78 is 18.4. The summed E-state index contributed by atoms with van der Waals surface area (Å²) in [6, 6.07) is 5.50. The van der Waals surface area contributed by atoms with Crippen LogP contribution in [0.3, 0.4) is 0 Å². The number of rotatable bonds is 3. The number of benzene rings is 1. The van der Waals surface area contributed by atoms with Gasteiger partial charge in [-0.3, -0.25) is 0 Å². The summed E-state index contributed by atoms with van der Waals surface area (Å²) in [4.78, 5) is 10.8. The Bertz CT molecular complexity index is 463. The first kappa shape index (κ1) is 12.0. The summed E-state index contributed by atoms with van der Waals surface area (Å²) in [6.45, 7) is 2.92. The van der Waals surface area contributed by atoms with Crippen LogP contribution < -0.4 is 4.74 Å². The molecular formula is C11H10FNO3. The SMILES string of the molecule is CC(C)(C#N)Oc1cccc(F)c1C(=O)O. The third kappa shape index (κ3) is 2.48. The first-order valence-electron chi connectivity index (χ1n) is 4.49. The maximum atomic E-state index is 13.2. The predicted molar refractivity (Wildman–Crippen MR) is 53.7 cm³/mol. The molecule has 0 saturated heterocycles. The Kier molecular flexibility index (Phi) is 3.14. The highest BCUT2D eigenvalue weighted by Gasteiger charge is 2.24. The monoisotopic (exact) mass is 223 g/mol. The highest BCUT2D eigenvalue weighted by Crippen LogP contribution is 2.25. The molecule has 0 bridgehead atoms. The lowest BCUT2D eigenvalue weighted by Crippen LogP contribution is -2.26. The molecule has 1 rings (SSSR count). The van der Waals surface area contributed by atoms with Crippen LogP contribution in [0.4, 0.5) is 4.39 Å². The van der Waals surface area contributed by atoms with E-state index in [9.17, 15) is 9.18 Å². The number of hydrogen-bond acceptors (Lipinski definition) is 3. The number of hydrogen-bond donors (Lipinski definition) is 1. The zero-order chi connectivity index (χ0) is 12.3. The van der Waals surface area contributed by atoms with Gasteiger partial charge in [-0.1, -0.05) is 6.07 Å². The number of carboxylic acid groups (broad SMARTS) is 1. The van der Waals surface area contributed by atoms with E-state index in [1.54, 1.807) is 0 Å². The van der Waals surface area contributed by atoms with Gasteiger partial charge in [0.2, 0.25) is 0 Å². The number of aromatic carboxylic acids is 1. The Balaban J connectivity index is 3.21. The van der Waals surface area contributed by atoms with E-state index in [1.165, 1.54) is 26.0 Å². The van der Waals surface area contributed by atoms with Crippen molar-refractivity contribution in [3.63, 3.8) is 0 Å². The van der Waals surface area contributed by atoms with Crippen molar-refractivity contribution in [2.24, 2.45) is 0 Å². The van der Waals surface area contributed by atoms with Gasteiger partial charge >= 0.3 is 5.97 Å². The standard InChI is InChI=1S/C11H10FNO3/c1-11(2,6-13)16-8-5-3-4-7(12)9(8)10(14)15/h3-5H,1-2H3,(H,14,15). The second kappa shape index (κ2) is 4.19. The summed E-state index contributed by atoms with van der Waals surface area (Å²) in [6.07, 6.45) is 0. The van der Waals surface area contributed by atoms with E-state index < -0.39 is 23.0 Å². The van der Waals surface area contributed by atoms with E-state index in [0.29, 0.717) is 0 Å². The van der Waals surface area contributed by atoms with Gasteiger partial charge < -0.3 is 9.84 Å². The number of carbonyl (C=O) groups is 1. The molecule has 0 aromatic heterocycles. The molecule has 0 amide bonds. The molecule has 0 aliphatic carbocycles. The molecule has 0 heterocycles. The Hall–Kier alpha value is -2.09. The fraction of sp³-hybridized carbons (Fsp3) is 0.273. The maximum absolute atomic E-state index is 13.2. The van der Waals surface area contributed by atoms with Gasteiger partial charge in [-0.15, -0.1) is 0 Å². The second-order valence-corrected chi connectivity index (χ2v) is 3.64. The van der Waals surface area contributed by atoms with Gasteiger partial charge in [0.1, 0.15) is 23.2 Å². The molecule has 1 N–H and O–H groups in total. The molecule has 0 radical (unpaired) electrons. The Morgan fingerprint density at radius 3 is 2.69 bits per heavy atom. The van der Waals surface area contributed by atoms with Gasteiger partial charge in [-0.05, 0) is 26.0 Å². The second-order valence-electron chi connectivity index (χ2n) is 3.64. The molecule has 0 saturated carbocycles. The van der Waals surface area contributed by atoms with Gasteiger partial charge in [0.05, 0.1) is 0 Å². The molecule has 1 aromatic rings. The number of nitriles is 1. The summed E-state index contributed by atoms with van der Waals surface area (Å²) in [5.74, 6) is -2.47. The van der Waals surface area contributed by atoms with Crippen LogP contribution in [0.2, 0.25) is 0 Å². The fourth-order valence-electron chi connectivity index (χ4n) is 1.09. The third-order valence-electron chi connectivity index (χ3n) is 1.82. The van der Waals surface area contributed by atoms with Crippen LogP contribution in [-0.4, -0.2) is 16.7 Å². The van der Waals surface area contributed by atoms with Crippen molar-refractivity contribution in [1.82, 2.24) is 0 Å². The minimum atomic E-state index is -1.43. The van der Waals surface area contributed by atoms with Crippen LogP contribution >= 0.6 is 0 Å². The van der Waals surface area contributed by atoms with Gasteiger partial charge in [-0.2, -0.15) is 5.26 Å². The number of ether oxygens (including phenoxy) is 1. The van der Waals surface area contributed by atoms with Crippen LogP contribution in [0, 0.1) is 17.1 Å². The number of nitrogens with zero attached hydrogens (tertiary/aromatic N) is 1. The van der Waals surface area contributed by atoms with Gasteiger partial charge in [0.25, 0.3) is 0 Å². The Labute approximate surface area is 91.9 Å². The van der Waals surface area contributed by atoms with E-state index >= 15 is 0 Å². The topological polar surface area (TPSA) is 70.3 Å². The average Bonchev–Trinajstić information content (AvgIpc) is 2.16. The van der Waals surface area contributed by atoms with Crippen molar-refractivity contribution in [2.45, 2.75) is 19.4 Å². The van der Waals surface area contributed by atoms with E-state index in [4.69, 9.17) is 15.1 Å². The lowest BCUT2D eigenvalue weighted by atomic mass is 10.1. The quantitative estimate of drug-likeness (QED) is 0.852. The molecule has 84 valence electrons. The van der Waals surface area contributed by atoms with Crippen LogP contribution in [-0.2, 0) is 0 Å². The van der Waals surface area contributed by atoms with Crippen molar-refractivity contribution in [2.75, 3.05) is 0 Å². The molecule has 1 aromatic carbocycles. The minimum absolute atomic E-state index is 0.154. The molecule has 0 aliphatic heterocycles. The Morgan fingerprint density at radius 2 is 2.19 bits per heavy atom. The van der Waals surface area contributed by atoms with Crippen molar-refractivity contribution in [3.8, 4) is 11.8 Å². The van der Waals surface area contributed by atoms with Crippen molar-refractivity contribution >= 4 is 5.97 Å². The van der Waals surface area contributed by atoms with Gasteiger partial charge in [0, 0.05) is 0 Å². The first-order chi connectivity index (χ1) is 7.37. The van der Waals surface area contributed by atoms with Crippen molar-refractivity contribution < 1.29 is 19.0 Å². The highest BCUT2D eigenvalue weighted by molar-refractivity contribution is 5.91. The lowest BCUT2D eigenvalue weighted by molar-refractivity contribution is 0.0680. The van der Waals surface area contributed by atoms with Crippen LogP contribution in [0.1, 0.15) is 24.2 Å². The summed E-state index contributed by atoms with van der Waals surface area (Å²) in [7, 11) is 0.